The van der Waals surface area contributed by atoms with Crippen molar-refractivity contribution in [2.45, 2.75) is 25.3 Å². The summed E-state index contributed by atoms with van der Waals surface area (Å²) in [6, 6.07) is 15.0. The SMILES string of the molecule is CN(C)C(CNC(=O)CCCC(=O)c1ccccc1)c1ccc2c(c1)OCO2. The highest BCUT2D eigenvalue weighted by Crippen LogP contribution is 2.34. The van der Waals surface area contributed by atoms with Crippen LogP contribution in [0.15, 0.2) is 48.5 Å². The first kappa shape index (κ1) is 19.9. The highest BCUT2D eigenvalue weighted by atomic mass is 16.7. The lowest BCUT2D eigenvalue weighted by molar-refractivity contribution is -0.121. The maximum absolute atomic E-state index is 12.2. The Balaban J connectivity index is 1.47. The van der Waals surface area contributed by atoms with Gasteiger partial charge in [-0.15, -0.1) is 0 Å². The summed E-state index contributed by atoms with van der Waals surface area (Å²) < 4.78 is 10.8. The Labute approximate surface area is 165 Å². The summed E-state index contributed by atoms with van der Waals surface area (Å²) >= 11 is 0. The van der Waals surface area contributed by atoms with Crippen LogP contribution in [0.5, 0.6) is 11.5 Å². The van der Waals surface area contributed by atoms with Crippen molar-refractivity contribution in [3.8, 4) is 11.5 Å². The van der Waals surface area contributed by atoms with Crippen LogP contribution in [0.3, 0.4) is 0 Å². The van der Waals surface area contributed by atoms with Crippen molar-refractivity contribution in [3.05, 3.63) is 59.7 Å². The first-order chi connectivity index (χ1) is 13.5. The van der Waals surface area contributed by atoms with Gasteiger partial charge in [0.15, 0.2) is 17.3 Å². The Morgan fingerprint density at radius 1 is 1.04 bits per heavy atom. The fourth-order valence-electron chi connectivity index (χ4n) is 3.20. The van der Waals surface area contributed by atoms with Crippen LogP contribution >= 0.6 is 0 Å². The van der Waals surface area contributed by atoms with Gasteiger partial charge >= 0.3 is 0 Å². The Hall–Kier alpha value is -2.86. The summed E-state index contributed by atoms with van der Waals surface area (Å²) in [7, 11) is 3.94. The first-order valence-corrected chi connectivity index (χ1v) is 9.45. The lowest BCUT2D eigenvalue weighted by Crippen LogP contribution is -2.34. The molecule has 148 valence electrons. The van der Waals surface area contributed by atoms with Crippen LogP contribution in [0.2, 0.25) is 0 Å². The number of fused-ring (bicyclic) bond motifs is 1. The van der Waals surface area contributed by atoms with Gasteiger partial charge in [0.2, 0.25) is 12.7 Å². The minimum absolute atomic E-state index is 0.0180. The van der Waals surface area contributed by atoms with Crippen LogP contribution in [0.25, 0.3) is 0 Å². The van der Waals surface area contributed by atoms with Gasteiger partial charge in [-0.25, -0.2) is 0 Å². The number of ketones is 1. The Morgan fingerprint density at radius 3 is 2.54 bits per heavy atom. The second-order valence-electron chi connectivity index (χ2n) is 7.04. The van der Waals surface area contributed by atoms with Gasteiger partial charge in [-0.2, -0.15) is 0 Å². The van der Waals surface area contributed by atoms with Crippen molar-refractivity contribution in [1.29, 1.82) is 0 Å². The summed E-state index contributed by atoms with van der Waals surface area (Å²) in [5, 5.41) is 2.98. The minimum atomic E-state index is -0.0477. The zero-order valence-electron chi connectivity index (χ0n) is 16.3. The molecule has 0 aromatic heterocycles. The lowest BCUT2D eigenvalue weighted by atomic mass is 10.0. The van der Waals surface area contributed by atoms with Gasteiger partial charge in [-0.1, -0.05) is 36.4 Å². The minimum Gasteiger partial charge on any atom is -0.454 e. The number of ether oxygens (including phenoxy) is 2. The summed E-state index contributed by atoms with van der Waals surface area (Å²) in [6.45, 7) is 0.724. The predicted octanol–water partition coefficient (Wildman–Crippen LogP) is 3.19. The third-order valence-electron chi connectivity index (χ3n) is 4.80. The molecule has 0 spiro atoms. The van der Waals surface area contributed by atoms with E-state index in [9.17, 15) is 9.59 Å². The van der Waals surface area contributed by atoms with E-state index >= 15 is 0 Å². The van der Waals surface area contributed by atoms with Gasteiger partial charge in [0, 0.05) is 24.9 Å². The maximum atomic E-state index is 12.2. The molecule has 1 atom stereocenters. The van der Waals surface area contributed by atoms with Gasteiger partial charge < -0.3 is 19.7 Å². The van der Waals surface area contributed by atoms with E-state index in [1.165, 1.54) is 0 Å². The van der Waals surface area contributed by atoms with E-state index in [0.717, 1.165) is 17.1 Å². The number of benzene rings is 2. The number of hydrogen-bond acceptors (Lipinski definition) is 5. The second kappa shape index (κ2) is 9.37. The highest BCUT2D eigenvalue weighted by molar-refractivity contribution is 5.96. The number of rotatable bonds is 9. The fourth-order valence-corrected chi connectivity index (χ4v) is 3.20. The van der Waals surface area contributed by atoms with Gasteiger partial charge in [-0.05, 0) is 38.2 Å². The molecule has 2 aromatic carbocycles. The number of Topliss-reactive ketones (excluding diaryl/α,β-unsaturated/α-hetero) is 1. The number of likely N-dealkylation sites (N-methyl/N-ethyl adjacent to an activating group) is 1. The van der Waals surface area contributed by atoms with Crippen LogP contribution in [0.4, 0.5) is 0 Å². The molecular formula is C22H26N2O4. The average molecular weight is 382 g/mol. The molecule has 3 rings (SSSR count). The molecule has 1 N–H and O–H groups in total. The molecule has 1 heterocycles. The molecule has 0 bridgehead atoms. The molecule has 1 amide bonds. The third-order valence-corrected chi connectivity index (χ3v) is 4.80. The molecule has 1 aliphatic heterocycles. The molecule has 0 fully saturated rings. The first-order valence-electron chi connectivity index (χ1n) is 9.45. The van der Waals surface area contributed by atoms with E-state index in [0.29, 0.717) is 31.4 Å². The molecule has 0 aliphatic carbocycles. The molecule has 0 saturated carbocycles. The number of carbonyl (C=O) groups excluding carboxylic acids is 2. The van der Waals surface area contributed by atoms with Crippen molar-refractivity contribution in [1.82, 2.24) is 10.2 Å². The van der Waals surface area contributed by atoms with E-state index in [1.54, 1.807) is 12.1 Å². The second-order valence-corrected chi connectivity index (χ2v) is 7.04. The molecule has 1 unspecified atom stereocenters. The van der Waals surface area contributed by atoms with Crippen LogP contribution in [-0.4, -0.2) is 44.0 Å². The quantitative estimate of drug-likeness (QED) is 0.675. The van der Waals surface area contributed by atoms with Gasteiger partial charge in [0.1, 0.15) is 0 Å². The molecular weight excluding hydrogens is 356 g/mol. The summed E-state index contributed by atoms with van der Waals surface area (Å²) in [4.78, 5) is 26.4. The van der Waals surface area contributed by atoms with E-state index in [1.807, 2.05) is 50.5 Å². The largest absolute Gasteiger partial charge is 0.454 e. The fraction of sp³-hybridized carbons (Fsp3) is 0.364. The Kier molecular flexibility index (Phi) is 6.66. The zero-order chi connectivity index (χ0) is 19.9. The molecule has 28 heavy (non-hydrogen) atoms. The van der Waals surface area contributed by atoms with Crippen molar-refractivity contribution < 1.29 is 19.1 Å². The average Bonchev–Trinajstić information content (AvgIpc) is 3.16. The summed E-state index contributed by atoms with van der Waals surface area (Å²) in [5.74, 6) is 1.50. The molecule has 1 aliphatic rings. The maximum Gasteiger partial charge on any atom is 0.231 e. The van der Waals surface area contributed by atoms with E-state index in [2.05, 4.69) is 10.2 Å². The van der Waals surface area contributed by atoms with Crippen LogP contribution in [0, 0.1) is 0 Å². The van der Waals surface area contributed by atoms with Crippen molar-refractivity contribution >= 4 is 11.7 Å². The van der Waals surface area contributed by atoms with Gasteiger partial charge in [0.05, 0.1) is 6.04 Å². The van der Waals surface area contributed by atoms with Crippen molar-refractivity contribution in [2.24, 2.45) is 0 Å². The Morgan fingerprint density at radius 2 is 1.79 bits per heavy atom. The topological polar surface area (TPSA) is 67.9 Å². The molecule has 0 saturated heterocycles. The third kappa shape index (κ3) is 5.10. The molecule has 2 aromatic rings. The highest BCUT2D eigenvalue weighted by Gasteiger charge is 2.20. The molecule has 0 radical (unpaired) electrons. The Bertz CT molecular complexity index is 821. The van der Waals surface area contributed by atoms with Gasteiger partial charge in [0.25, 0.3) is 0 Å². The van der Waals surface area contributed by atoms with E-state index in [4.69, 9.17) is 9.47 Å². The monoisotopic (exact) mass is 382 g/mol. The normalized spacial score (nSPS) is 13.4. The molecule has 6 nitrogen and oxygen atoms in total. The summed E-state index contributed by atoms with van der Waals surface area (Å²) in [6.07, 6.45) is 1.24. The number of carbonyl (C=O) groups is 2. The van der Waals surface area contributed by atoms with Crippen LogP contribution in [-0.2, 0) is 4.79 Å². The number of hydrogen-bond donors (Lipinski definition) is 1. The number of nitrogens with zero attached hydrogens (tertiary/aromatic N) is 1. The van der Waals surface area contributed by atoms with Crippen LogP contribution in [0.1, 0.15) is 41.2 Å². The smallest absolute Gasteiger partial charge is 0.231 e. The van der Waals surface area contributed by atoms with Crippen LogP contribution < -0.4 is 14.8 Å². The van der Waals surface area contributed by atoms with Crippen molar-refractivity contribution in [2.75, 3.05) is 27.4 Å². The van der Waals surface area contributed by atoms with E-state index in [-0.39, 0.29) is 24.5 Å². The summed E-state index contributed by atoms with van der Waals surface area (Å²) in [5.41, 5.74) is 1.74. The predicted molar refractivity (Wildman–Crippen MR) is 107 cm³/mol. The number of amides is 1. The van der Waals surface area contributed by atoms with Gasteiger partial charge in [-0.3, -0.25) is 9.59 Å². The lowest BCUT2D eigenvalue weighted by Gasteiger charge is -2.25. The number of nitrogens with one attached hydrogen (secondary N) is 1. The standard InChI is InChI=1S/C22H26N2O4/c1-24(2)18(17-11-12-20-21(13-17)28-15-27-20)14-23-22(26)10-6-9-19(25)16-7-4-3-5-8-16/h3-5,7-8,11-13,18H,6,9-10,14-15H2,1-2H3,(H,23,26). The van der Waals surface area contributed by atoms with E-state index < -0.39 is 0 Å². The molecule has 6 heteroatoms. The zero-order valence-corrected chi connectivity index (χ0v) is 16.3. The van der Waals surface area contributed by atoms with Crippen molar-refractivity contribution in [3.63, 3.8) is 0 Å².